The minimum Gasteiger partial charge on any atom is -0.494 e. The predicted molar refractivity (Wildman–Crippen MR) is 150 cm³/mol. The SMILES string of the molecule is CCOC(=O)c1ccc(NC(=O)CSc2nnc(CNC(=O)c3cccs3)n2-c2ccc(OCC)cc2)cc1. The van der Waals surface area contributed by atoms with Crippen molar-refractivity contribution >= 4 is 46.6 Å². The van der Waals surface area contributed by atoms with Crippen molar-refractivity contribution in [2.75, 3.05) is 24.3 Å². The van der Waals surface area contributed by atoms with Gasteiger partial charge in [0.15, 0.2) is 11.0 Å². The summed E-state index contributed by atoms with van der Waals surface area (Å²) >= 11 is 2.57. The van der Waals surface area contributed by atoms with Gasteiger partial charge in [0.05, 0.1) is 36.0 Å². The number of ether oxygens (including phenoxy) is 2. The van der Waals surface area contributed by atoms with Gasteiger partial charge >= 0.3 is 5.97 Å². The first kappa shape index (κ1) is 27.9. The fourth-order valence-corrected chi connectivity index (χ4v) is 4.92. The van der Waals surface area contributed by atoms with E-state index in [2.05, 4.69) is 20.8 Å². The molecule has 0 fully saturated rings. The van der Waals surface area contributed by atoms with Crippen LogP contribution in [0.5, 0.6) is 5.75 Å². The Labute approximate surface area is 233 Å². The molecule has 12 heteroatoms. The number of esters is 1. The third kappa shape index (κ3) is 7.45. The fraction of sp³-hybridized carbons (Fsp3) is 0.222. The van der Waals surface area contributed by atoms with Crippen LogP contribution in [0.25, 0.3) is 5.69 Å². The number of aromatic nitrogens is 3. The molecule has 0 saturated carbocycles. The van der Waals surface area contributed by atoms with Crippen LogP contribution in [-0.4, -0.2) is 51.5 Å². The molecule has 0 aliphatic rings. The largest absolute Gasteiger partial charge is 0.494 e. The minimum atomic E-state index is -0.415. The molecule has 2 aromatic carbocycles. The number of nitrogens with one attached hydrogen (secondary N) is 2. The third-order valence-corrected chi connectivity index (χ3v) is 7.07. The van der Waals surface area contributed by atoms with Gasteiger partial charge in [-0.3, -0.25) is 14.2 Å². The maximum absolute atomic E-state index is 12.7. The molecule has 10 nitrogen and oxygen atoms in total. The van der Waals surface area contributed by atoms with E-state index in [1.807, 2.05) is 42.6 Å². The summed E-state index contributed by atoms with van der Waals surface area (Å²) in [6, 6.07) is 17.5. The maximum atomic E-state index is 12.7. The number of benzene rings is 2. The van der Waals surface area contributed by atoms with Crippen molar-refractivity contribution in [1.82, 2.24) is 20.1 Å². The van der Waals surface area contributed by atoms with Crippen molar-refractivity contribution in [2.45, 2.75) is 25.5 Å². The Kier molecular flexibility index (Phi) is 9.70. The van der Waals surface area contributed by atoms with Crippen LogP contribution in [0.2, 0.25) is 0 Å². The number of hydrogen-bond donors (Lipinski definition) is 2. The summed E-state index contributed by atoms with van der Waals surface area (Å²) in [7, 11) is 0. The number of nitrogens with zero attached hydrogens (tertiary/aromatic N) is 3. The highest BCUT2D eigenvalue weighted by atomic mass is 32.2. The van der Waals surface area contributed by atoms with Gasteiger partial charge in [-0.15, -0.1) is 21.5 Å². The van der Waals surface area contributed by atoms with Gasteiger partial charge in [-0.1, -0.05) is 17.8 Å². The summed E-state index contributed by atoms with van der Waals surface area (Å²) in [5, 5.41) is 16.6. The highest BCUT2D eigenvalue weighted by Gasteiger charge is 2.18. The second-order valence-electron chi connectivity index (χ2n) is 7.96. The standard InChI is InChI=1S/C27H27N5O5S2/c1-3-36-21-13-11-20(12-14-21)32-23(16-28-25(34)22-6-5-15-38-22)30-31-27(32)39-17-24(33)29-19-9-7-18(8-10-19)26(35)37-4-2/h5-15H,3-4,16-17H2,1-2H3,(H,28,34)(H,29,33). The van der Waals surface area contributed by atoms with Gasteiger partial charge in [-0.05, 0) is 73.8 Å². The first-order valence-corrected chi connectivity index (χ1v) is 14.0. The van der Waals surface area contributed by atoms with Crippen LogP contribution in [0.3, 0.4) is 0 Å². The van der Waals surface area contributed by atoms with Crippen molar-refractivity contribution in [2.24, 2.45) is 0 Å². The molecule has 0 spiro atoms. The van der Waals surface area contributed by atoms with Crippen LogP contribution in [0.4, 0.5) is 5.69 Å². The van der Waals surface area contributed by atoms with E-state index in [1.54, 1.807) is 41.8 Å². The Balaban J connectivity index is 1.46. The molecule has 0 aliphatic carbocycles. The Morgan fingerprint density at radius 3 is 2.41 bits per heavy atom. The van der Waals surface area contributed by atoms with E-state index in [4.69, 9.17) is 9.47 Å². The molecule has 0 bridgehead atoms. The first-order chi connectivity index (χ1) is 19.0. The number of rotatable bonds is 12. The van der Waals surface area contributed by atoms with E-state index in [1.165, 1.54) is 23.1 Å². The summed E-state index contributed by atoms with van der Waals surface area (Å²) in [5.41, 5.74) is 1.73. The third-order valence-electron chi connectivity index (χ3n) is 5.27. The Bertz CT molecular complexity index is 1400. The normalized spacial score (nSPS) is 10.6. The molecule has 0 aliphatic heterocycles. The Morgan fingerprint density at radius 2 is 1.74 bits per heavy atom. The van der Waals surface area contributed by atoms with Crippen LogP contribution in [0.1, 0.15) is 39.7 Å². The summed E-state index contributed by atoms with van der Waals surface area (Å²) in [4.78, 5) is 37.6. The number of carbonyl (C=O) groups excluding carboxylic acids is 3. The summed E-state index contributed by atoms with van der Waals surface area (Å²) in [5.74, 6) is 0.440. The zero-order valence-corrected chi connectivity index (χ0v) is 23.0. The quantitative estimate of drug-likeness (QED) is 0.189. The van der Waals surface area contributed by atoms with E-state index in [0.29, 0.717) is 40.3 Å². The monoisotopic (exact) mass is 565 g/mol. The maximum Gasteiger partial charge on any atom is 0.338 e. The fourth-order valence-electron chi connectivity index (χ4n) is 3.51. The molecule has 0 saturated heterocycles. The Hall–Kier alpha value is -4.16. The molecule has 2 aromatic heterocycles. The van der Waals surface area contributed by atoms with E-state index >= 15 is 0 Å². The van der Waals surface area contributed by atoms with E-state index in [-0.39, 0.29) is 24.1 Å². The van der Waals surface area contributed by atoms with Gasteiger partial charge < -0.3 is 20.1 Å². The average Bonchev–Trinajstić information content (AvgIpc) is 3.62. The van der Waals surface area contributed by atoms with Gasteiger partial charge in [0.25, 0.3) is 5.91 Å². The van der Waals surface area contributed by atoms with E-state index in [0.717, 1.165) is 11.4 Å². The average molecular weight is 566 g/mol. The smallest absolute Gasteiger partial charge is 0.338 e. The first-order valence-electron chi connectivity index (χ1n) is 12.2. The summed E-state index contributed by atoms with van der Waals surface area (Å²) in [6.45, 7) is 4.64. The predicted octanol–water partition coefficient (Wildman–Crippen LogP) is 4.57. The van der Waals surface area contributed by atoms with Crippen LogP contribution < -0.4 is 15.4 Å². The summed E-state index contributed by atoms with van der Waals surface area (Å²) in [6.07, 6.45) is 0. The molecule has 2 N–H and O–H groups in total. The number of thioether (sulfide) groups is 1. The number of amides is 2. The summed E-state index contributed by atoms with van der Waals surface area (Å²) < 4.78 is 12.3. The molecule has 0 unspecified atom stereocenters. The molecule has 4 rings (SSSR count). The Morgan fingerprint density at radius 1 is 0.974 bits per heavy atom. The number of anilines is 1. The van der Waals surface area contributed by atoms with Crippen LogP contribution in [-0.2, 0) is 16.1 Å². The number of thiophene rings is 1. The molecule has 2 heterocycles. The lowest BCUT2D eigenvalue weighted by Gasteiger charge is -2.12. The van der Waals surface area contributed by atoms with E-state index < -0.39 is 5.97 Å². The lowest BCUT2D eigenvalue weighted by Crippen LogP contribution is -2.24. The van der Waals surface area contributed by atoms with Crippen LogP contribution in [0, 0.1) is 0 Å². The molecular weight excluding hydrogens is 538 g/mol. The molecule has 0 atom stereocenters. The molecule has 39 heavy (non-hydrogen) atoms. The topological polar surface area (TPSA) is 124 Å². The molecule has 4 aromatic rings. The highest BCUT2D eigenvalue weighted by molar-refractivity contribution is 7.99. The molecular formula is C27H27N5O5S2. The van der Waals surface area contributed by atoms with Crippen molar-refractivity contribution in [1.29, 1.82) is 0 Å². The van der Waals surface area contributed by atoms with Crippen molar-refractivity contribution in [3.63, 3.8) is 0 Å². The van der Waals surface area contributed by atoms with Crippen molar-refractivity contribution in [3.05, 3.63) is 82.3 Å². The highest BCUT2D eigenvalue weighted by Crippen LogP contribution is 2.24. The van der Waals surface area contributed by atoms with Gasteiger partial charge in [0.2, 0.25) is 5.91 Å². The molecule has 0 radical (unpaired) electrons. The van der Waals surface area contributed by atoms with Gasteiger partial charge in [0.1, 0.15) is 5.75 Å². The molecule has 202 valence electrons. The number of hydrogen-bond acceptors (Lipinski definition) is 9. The van der Waals surface area contributed by atoms with Gasteiger partial charge in [0, 0.05) is 11.4 Å². The van der Waals surface area contributed by atoms with Crippen molar-refractivity contribution in [3.8, 4) is 11.4 Å². The van der Waals surface area contributed by atoms with E-state index in [9.17, 15) is 14.4 Å². The zero-order valence-electron chi connectivity index (χ0n) is 21.4. The molecule has 2 amide bonds. The second kappa shape index (κ2) is 13.6. The van der Waals surface area contributed by atoms with Crippen molar-refractivity contribution < 1.29 is 23.9 Å². The van der Waals surface area contributed by atoms with Crippen LogP contribution >= 0.6 is 23.1 Å². The second-order valence-corrected chi connectivity index (χ2v) is 9.85. The van der Waals surface area contributed by atoms with Gasteiger partial charge in [-0.25, -0.2) is 4.79 Å². The lowest BCUT2D eigenvalue weighted by molar-refractivity contribution is -0.113. The number of carbonyl (C=O) groups is 3. The lowest BCUT2D eigenvalue weighted by atomic mass is 10.2. The zero-order chi connectivity index (χ0) is 27.6. The van der Waals surface area contributed by atoms with Crippen LogP contribution in [0.15, 0.2) is 71.2 Å². The minimum absolute atomic E-state index is 0.0658. The van der Waals surface area contributed by atoms with Gasteiger partial charge in [-0.2, -0.15) is 0 Å².